The van der Waals surface area contributed by atoms with Gasteiger partial charge in [-0.1, -0.05) is 55.4 Å². The van der Waals surface area contributed by atoms with Crippen LogP contribution in [0.4, 0.5) is 0 Å². The largest absolute Gasteiger partial charge is 0.480 e. The molecule has 0 radical (unpaired) electrons. The van der Waals surface area contributed by atoms with Crippen molar-refractivity contribution in [3.8, 4) is 0 Å². The van der Waals surface area contributed by atoms with Crippen LogP contribution >= 0.6 is 0 Å². The molecule has 1 aliphatic heterocycles. The number of carbonyl (C=O) groups excluding carboxylic acids is 1. The van der Waals surface area contributed by atoms with Gasteiger partial charge in [-0.15, -0.1) is 0 Å². The van der Waals surface area contributed by atoms with Gasteiger partial charge < -0.3 is 20.1 Å². The molecular weight excluding hydrogens is 365 g/mol. The maximum atomic E-state index is 12.8. The Labute approximate surface area is 173 Å². The van der Waals surface area contributed by atoms with E-state index >= 15 is 0 Å². The third kappa shape index (κ3) is 6.56. The van der Waals surface area contributed by atoms with E-state index in [2.05, 4.69) is 31.2 Å². The molecule has 29 heavy (non-hydrogen) atoms. The third-order valence-corrected chi connectivity index (χ3v) is 5.21. The minimum absolute atomic E-state index is 0.0376. The Morgan fingerprint density at radius 2 is 1.79 bits per heavy atom. The standard InChI is InChI=1S/C22H26BNO3.CH4O/c1-2-17-5-3-7-20(15-17)19-10-13-24(14-11-19)22(25)21-8-4-6-18(16-21)9-12-23(26)27;1-2/h3-9,12,15-16,19,26-27H,2,10-11,13-14H2,1H3;2H,1H3/b12-9+;. The lowest BCUT2D eigenvalue weighted by molar-refractivity contribution is 0.0713. The Bertz CT molecular complexity index is 814. The first kappa shape index (κ1) is 22.9. The number of rotatable bonds is 5. The first-order chi connectivity index (χ1) is 14.1. The lowest BCUT2D eigenvalue weighted by Gasteiger charge is -2.32. The average Bonchev–Trinajstić information content (AvgIpc) is 2.79. The minimum atomic E-state index is -1.49. The van der Waals surface area contributed by atoms with Crippen molar-refractivity contribution in [2.45, 2.75) is 32.1 Å². The van der Waals surface area contributed by atoms with E-state index in [-0.39, 0.29) is 5.91 Å². The van der Waals surface area contributed by atoms with Crippen LogP contribution in [-0.4, -0.2) is 53.3 Å². The number of benzene rings is 2. The van der Waals surface area contributed by atoms with Crippen molar-refractivity contribution in [1.29, 1.82) is 0 Å². The molecule has 0 unspecified atom stereocenters. The zero-order chi connectivity index (χ0) is 21.2. The van der Waals surface area contributed by atoms with Crippen LogP contribution < -0.4 is 0 Å². The van der Waals surface area contributed by atoms with Crippen molar-refractivity contribution in [2.75, 3.05) is 20.2 Å². The third-order valence-electron chi connectivity index (χ3n) is 5.21. The normalized spacial score (nSPS) is 14.4. The van der Waals surface area contributed by atoms with E-state index in [4.69, 9.17) is 15.2 Å². The van der Waals surface area contributed by atoms with Crippen molar-refractivity contribution in [3.63, 3.8) is 0 Å². The van der Waals surface area contributed by atoms with E-state index < -0.39 is 7.12 Å². The van der Waals surface area contributed by atoms with Gasteiger partial charge in [0, 0.05) is 25.8 Å². The zero-order valence-corrected chi connectivity index (χ0v) is 17.2. The molecule has 1 heterocycles. The van der Waals surface area contributed by atoms with Crippen LogP contribution in [0, 0.1) is 0 Å². The number of piperidine rings is 1. The highest BCUT2D eigenvalue weighted by Crippen LogP contribution is 2.29. The van der Waals surface area contributed by atoms with Gasteiger partial charge in [0.1, 0.15) is 0 Å². The highest BCUT2D eigenvalue weighted by molar-refractivity contribution is 6.48. The summed E-state index contributed by atoms with van der Waals surface area (Å²) in [5.41, 5.74) is 4.16. The topological polar surface area (TPSA) is 81.0 Å². The molecule has 154 valence electrons. The fraction of sp³-hybridized carbons (Fsp3) is 0.348. The molecule has 3 N–H and O–H groups in total. The van der Waals surface area contributed by atoms with Gasteiger partial charge in [-0.25, -0.2) is 0 Å². The van der Waals surface area contributed by atoms with Crippen molar-refractivity contribution in [1.82, 2.24) is 4.90 Å². The van der Waals surface area contributed by atoms with Gasteiger partial charge in [0.2, 0.25) is 0 Å². The van der Waals surface area contributed by atoms with Gasteiger partial charge in [0.15, 0.2) is 0 Å². The first-order valence-corrected chi connectivity index (χ1v) is 10.0. The van der Waals surface area contributed by atoms with Crippen LogP contribution in [-0.2, 0) is 6.42 Å². The quantitative estimate of drug-likeness (QED) is 0.680. The molecule has 1 fully saturated rings. The van der Waals surface area contributed by atoms with E-state index in [1.807, 2.05) is 23.1 Å². The number of aryl methyl sites for hydroxylation is 1. The van der Waals surface area contributed by atoms with E-state index in [1.54, 1.807) is 12.1 Å². The van der Waals surface area contributed by atoms with Gasteiger partial charge in [-0.2, -0.15) is 0 Å². The van der Waals surface area contributed by atoms with Gasteiger partial charge in [-0.05, 0) is 54.0 Å². The minimum Gasteiger partial charge on any atom is -0.424 e. The van der Waals surface area contributed by atoms with Crippen molar-refractivity contribution < 1.29 is 19.9 Å². The van der Waals surface area contributed by atoms with E-state index in [1.165, 1.54) is 17.1 Å². The van der Waals surface area contributed by atoms with E-state index in [0.29, 0.717) is 11.5 Å². The maximum absolute atomic E-state index is 12.8. The van der Waals surface area contributed by atoms with Crippen LogP contribution in [0.1, 0.15) is 52.7 Å². The monoisotopic (exact) mass is 395 g/mol. The predicted octanol–water partition coefficient (Wildman–Crippen LogP) is 2.90. The molecule has 0 aliphatic carbocycles. The van der Waals surface area contributed by atoms with E-state index in [9.17, 15) is 4.79 Å². The fourth-order valence-electron chi connectivity index (χ4n) is 3.64. The lowest BCUT2D eigenvalue weighted by Crippen LogP contribution is -2.37. The predicted molar refractivity (Wildman–Crippen MR) is 118 cm³/mol. The summed E-state index contributed by atoms with van der Waals surface area (Å²) in [6, 6.07) is 16.1. The summed E-state index contributed by atoms with van der Waals surface area (Å²) in [5.74, 6) is 1.83. The highest BCUT2D eigenvalue weighted by atomic mass is 16.4. The van der Waals surface area contributed by atoms with E-state index in [0.717, 1.165) is 45.0 Å². The molecule has 0 atom stereocenters. The van der Waals surface area contributed by atoms with Crippen LogP contribution in [0.25, 0.3) is 6.08 Å². The Morgan fingerprint density at radius 3 is 2.45 bits per heavy atom. The molecule has 1 aliphatic rings. The molecule has 0 bridgehead atoms. The molecule has 1 saturated heterocycles. The second kappa shape index (κ2) is 11.6. The summed E-state index contributed by atoms with van der Waals surface area (Å²) in [7, 11) is -0.491. The number of nitrogens with zero attached hydrogens (tertiary/aromatic N) is 1. The molecule has 0 saturated carbocycles. The van der Waals surface area contributed by atoms with Crippen LogP contribution in [0.5, 0.6) is 0 Å². The number of aliphatic hydroxyl groups excluding tert-OH is 1. The summed E-state index contributed by atoms with van der Waals surface area (Å²) in [4.78, 5) is 14.8. The molecular formula is C23H30BNO4. The molecule has 2 aromatic rings. The van der Waals surface area contributed by atoms with Gasteiger partial charge in [-0.3, -0.25) is 4.79 Å². The zero-order valence-electron chi connectivity index (χ0n) is 17.2. The molecule has 2 aromatic carbocycles. The number of likely N-dealkylation sites (tertiary alicyclic amines) is 1. The maximum Gasteiger partial charge on any atom is 0.480 e. The molecule has 0 aromatic heterocycles. The molecule has 3 rings (SSSR count). The van der Waals surface area contributed by atoms with Crippen molar-refractivity contribution in [3.05, 3.63) is 76.8 Å². The molecule has 6 heteroatoms. The summed E-state index contributed by atoms with van der Waals surface area (Å²) in [5, 5.41) is 24.9. The van der Waals surface area contributed by atoms with Crippen LogP contribution in [0.3, 0.4) is 0 Å². The fourth-order valence-corrected chi connectivity index (χ4v) is 3.64. The number of carbonyl (C=O) groups is 1. The Morgan fingerprint density at radius 1 is 1.10 bits per heavy atom. The second-order valence-electron chi connectivity index (χ2n) is 7.06. The summed E-state index contributed by atoms with van der Waals surface area (Å²) < 4.78 is 0. The second-order valence-corrected chi connectivity index (χ2v) is 7.06. The van der Waals surface area contributed by atoms with Gasteiger partial charge in [0.05, 0.1) is 0 Å². The molecule has 5 nitrogen and oxygen atoms in total. The highest BCUT2D eigenvalue weighted by Gasteiger charge is 2.24. The van der Waals surface area contributed by atoms with Crippen LogP contribution in [0.2, 0.25) is 0 Å². The lowest BCUT2D eigenvalue weighted by atomic mass is 9.88. The first-order valence-electron chi connectivity index (χ1n) is 10.0. The number of hydrogen-bond donors (Lipinski definition) is 3. The summed E-state index contributed by atoms with van der Waals surface area (Å²) in [6.45, 7) is 3.69. The Kier molecular flexibility index (Phi) is 9.12. The molecule has 0 spiro atoms. The Balaban J connectivity index is 0.00000145. The Hall–Kier alpha value is -2.41. The van der Waals surface area contributed by atoms with Gasteiger partial charge >= 0.3 is 7.12 Å². The van der Waals surface area contributed by atoms with Crippen molar-refractivity contribution in [2.24, 2.45) is 0 Å². The SMILES string of the molecule is CCc1cccc(C2CCN(C(=O)c3cccc(/C=C/B(O)O)c3)CC2)c1.CO. The van der Waals surface area contributed by atoms with Crippen molar-refractivity contribution >= 4 is 19.1 Å². The average molecular weight is 395 g/mol. The summed E-state index contributed by atoms with van der Waals surface area (Å²) in [6.07, 6.45) is 4.61. The van der Waals surface area contributed by atoms with Gasteiger partial charge in [0.25, 0.3) is 5.91 Å². The summed E-state index contributed by atoms with van der Waals surface area (Å²) >= 11 is 0. The smallest absolute Gasteiger partial charge is 0.424 e. The number of aliphatic hydroxyl groups is 1. The molecule has 1 amide bonds. The number of amides is 1. The van der Waals surface area contributed by atoms with Crippen LogP contribution in [0.15, 0.2) is 54.5 Å². The number of hydrogen-bond acceptors (Lipinski definition) is 4.